The van der Waals surface area contributed by atoms with Crippen LogP contribution >= 0.6 is 0 Å². The van der Waals surface area contributed by atoms with Gasteiger partial charge in [0.1, 0.15) is 0 Å². The number of piperidine rings is 1. The first-order chi connectivity index (χ1) is 7.09. The lowest BCUT2D eigenvalue weighted by Gasteiger charge is -2.20. The Labute approximate surface area is 89.0 Å². The zero-order valence-electron chi connectivity index (χ0n) is 8.74. The SMILES string of the molecule is NC1CC1=O.O=C(O)CC1CCNCC1. The number of nitrogens with one attached hydrogen (secondary N) is 1. The minimum Gasteiger partial charge on any atom is -0.481 e. The van der Waals surface area contributed by atoms with Gasteiger partial charge in [-0.1, -0.05) is 0 Å². The average molecular weight is 214 g/mol. The zero-order chi connectivity index (χ0) is 11.3. The standard InChI is InChI=1S/C7H13NO2.C3H5NO/c9-7(10)5-6-1-3-8-4-2-6;4-2-1-3(2)5/h6,8H,1-5H2,(H,9,10);2H,1,4H2. The molecule has 0 aromatic carbocycles. The summed E-state index contributed by atoms with van der Waals surface area (Å²) in [7, 11) is 0. The van der Waals surface area contributed by atoms with Crippen LogP contribution in [0.15, 0.2) is 0 Å². The molecule has 15 heavy (non-hydrogen) atoms. The van der Waals surface area contributed by atoms with Gasteiger partial charge < -0.3 is 16.2 Å². The molecule has 0 bridgehead atoms. The lowest BCUT2D eigenvalue weighted by molar-refractivity contribution is -0.138. The Hall–Kier alpha value is -0.940. The van der Waals surface area contributed by atoms with Crippen molar-refractivity contribution in [2.75, 3.05) is 13.1 Å². The fourth-order valence-corrected chi connectivity index (χ4v) is 1.49. The molecule has 1 aliphatic heterocycles. The molecular formula is C10H18N2O3. The Morgan fingerprint density at radius 1 is 1.47 bits per heavy atom. The Kier molecular flexibility index (Phi) is 4.71. The molecule has 0 amide bonds. The molecule has 1 heterocycles. The van der Waals surface area contributed by atoms with Crippen LogP contribution in [0.3, 0.4) is 0 Å². The van der Waals surface area contributed by atoms with Crippen LogP contribution in [0.25, 0.3) is 0 Å². The third-order valence-corrected chi connectivity index (χ3v) is 2.60. The van der Waals surface area contributed by atoms with Gasteiger partial charge in [-0.3, -0.25) is 9.59 Å². The number of hydrogen-bond acceptors (Lipinski definition) is 4. The minimum absolute atomic E-state index is 0.0880. The smallest absolute Gasteiger partial charge is 0.303 e. The highest BCUT2D eigenvalue weighted by Gasteiger charge is 2.29. The largest absolute Gasteiger partial charge is 0.481 e. The van der Waals surface area contributed by atoms with Gasteiger partial charge in [0.25, 0.3) is 0 Å². The van der Waals surface area contributed by atoms with E-state index in [1.807, 2.05) is 0 Å². The number of carboxylic acids is 1. The maximum Gasteiger partial charge on any atom is 0.303 e. The summed E-state index contributed by atoms with van der Waals surface area (Å²) in [6.07, 6.45) is 3.00. The maximum atomic E-state index is 10.2. The maximum absolute atomic E-state index is 10.2. The van der Waals surface area contributed by atoms with E-state index in [4.69, 9.17) is 10.8 Å². The average Bonchev–Trinajstić information content (AvgIpc) is 2.81. The Balaban J connectivity index is 0.000000187. The summed E-state index contributed by atoms with van der Waals surface area (Å²) in [6, 6.07) is -0.0880. The van der Waals surface area contributed by atoms with Crippen LogP contribution in [0.1, 0.15) is 25.7 Å². The second kappa shape index (κ2) is 5.82. The number of nitrogens with two attached hydrogens (primary N) is 1. The van der Waals surface area contributed by atoms with E-state index in [2.05, 4.69) is 5.32 Å². The van der Waals surface area contributed by atoms with Crippen LogP contribution in [-0.4, -0.2) is 36.0 Å². The lowest BCUT2D eigenvalue weighted by atomic mass is 9.95. The molecule has 1 unspecified atom stereocenters. The number of carboxylic acid groups (broad SMARTS) is 1. The van der Waals surface area contributed by atoms with Gasteiger partial charge in [0.2, 0.25) is 0 Å². The Morgan fingerprint density at radius 3 is 2.27 bits per heavy atom. The highest BCUT2D eigenvalue weighted by Crippen LogP contribution is 2.14. The first-order valence-corrected chi connectivity index (χ1v) is 5.30. The normalized spacial score (nSPS) is 25.4. The summed E-state index contributed by atoms with van der Waals surface area (Å²) >= 11 is 0. The van der Waals surface area contributed by atoms with Crippen molar-refractivity contribution in [2.24, 2.45) is 11.7 Å². The molecule has 2 rings (SSSR count). The van der Waals surface area contributed by atoms with Gasteiger partial charge in [0.15, 0.2) is 5.78 Å². The second-order valence-electron chi connectivity index (χ2n) is 4.07. The molecule has 1 aliphatic carbocycles. The Morgan fingerprint density at radius 2 is 1.93 bits per heavy atom. The minimum atomic E-state index is -0.660. The monoisotopic (exact) mass is 214 g/mol. The molecule has 2 aliphatic rings. The molecule has 0 radical (unpaired) electrons. The number of carbonyl (C=O) groups is 2. The summed E-state index contributed by atoms with van der Waals surface area (Å²) in [5, 5.41) is 11.6. The molecule has 1 saturated heterocycles. The highest BCUT2D eigenvalue weighted by molar-refractivity contribution is 5.99. The summed E-state index contributed by atoms with van der Waals surface area (Å²) in [6.45, 7) is 1.97. The van der Waals surface area contributed by atoms with Crippen molar-refractivity contribution in [3.05, 3.63) is 0 Å². The van der Waals surface area contributed by atoms with Gasteiger partial charge in [0.05, 0.1) is 6.04 Å². The molecule has 5 heteroatoms. The molecule has 86 valence electrons. The van der Waals surface area contributed by atoms with E-state index in [1.54, 1.807) is 0 Å². The zero-order valence-corrected chi connectivity index (χ0v) is 8.74. The summed E-state index contributed by atoms with van der Waals surface area (Å²) in [5.74, 6) is -0.0457. The lowest BCUT2D eigenvalue weighted by Crippen LogP contribution is -2.28. The fraction of sp³-hybridized carbons (Fsp3) is 0.800. The van der Waals surface area contributed by atoms with Gasteiger partial charge in [-0.2, -0.15) is 0 Å². The summed E-state index contributed by atoms with van der Waals surface area (Å²) in [4.78, 5) is 20.0. The third kappa shape index (κ3) is 5.49. The van der Waals surface area contributed by atoms with Crippen molar-refractivity contribution < 1.29 is 14.7 Å². The van der Waals surface area contributed by atoms with Crippen LogP contribution in [0, 0.1) is 5.92 Å². The van der Waals surface area contributed by atoms with Crippen molar-refractivity contribution in [3.63, 3.8) is 0 Å². The van der Waals surface area contributed by atoms with Crippen molar-refractivity contribution in [2.45, 2.75) is 31.7 Å². The molecule has 0 aromatic rings. The van der Waals surface area contributed by atoms with Gasteiger partial charge in [-0.25, -0.2) is 0 Å². The fourth-order valence-electron chi connectivity index (χ4n) is 1.49. The summed E-state index contributed by atoms with van der Waals surface area (Å²) < 4.78 is 0. The topological polar surface area (TPSA) is 92.4 Å². The number of ketones is 1. The van der Waals surface area contributed by atoms with Crippen molar-refractivity contribution in [3.8, 4) is 0 Å². The summed E-state index contributed by atoms with van der Waals surface area (Å²) in [5.41, 5.74) is 5.02. The highest BCUT2D eigenvalue weighted by atomic mass is 16.4. The first kappa shape index (κ1) is 12.1. The number of carbonyl (C=O) groups excluding carboxylic acids is 1. The van der Waals surface area contributed by atoms with Crippen molar-refractivity contribution in [1.29, 1.82) is 0 Å². The molecule has 2 fully saturated rings. The van der Waals surface area contributed by atoms with Gasteiger partial charge in [-0.05, 0) is 31.8 Å². The van der Waals surface area contributed by atoms with E-state index in [1.165, 1.54) is 0 Å². The van der Waals surface area contributed by atoms with Crippen LogP contribution in [-0.2, 0) is 9.59 Å². The first-order valence-electron chi connectivity index (χ1n) is 5.30. The van der Waals surface area contributed by atoms with E-state index >= 15 is 0 Å². The van der Waals surface area contributed by atoms with E-state index in [0.717, 1.165) is 25.9 Å². The van der Waals surface area contributed by atoms with Crippen LogP contribution < -0.4 is 11.1 Å². The predicted molar refractivity (Wildman–Crippen MR) is 55.4 cm³/mol. The third-order valence-electron chi connectivity index (χ3n) is 2.60. The van der Waals surface area contributed by atoms with E-state index in [-0.39, 0.29) is 11.8 Å². The van der Waals surface area contributed by atoms with Crippen molar-refractivity contribution in [1.82, 2.24) is 5.32 Å². The number of rotatable bonds is 2. The van der Waals surface area contributed by atoms with E-state index < -0.39 is 5.97 Å². The van der Waals surface area contributed by atoms with E-state index in [9.17, 15) is 9.59 Å². The van der Waals surface area contributed by atoms with Crippen LogP contribution in [0.2, 0.25) is 0 Å². The van der Waals surface area contributed by atoms with Crippen molar-refractivity contribution >= 4 is 11.8 Å². The molecule has 5 nitrogen and oxygen atoms in total. The van der Waals surface area contributed by atoms with Crippen LogP contribution in [0.5, 0.6) is 0 Å². The number of Topliss-reactive ketones (excluding diaryl/α,β-unsaturated/α-hetero) is 1. The van der Waals surface area contributed by atoms with Gasteiger partial charge in [0, 0.05) is 12.8 Å². The molecule has 0 spiro atoms. The predicted octanol–water partition coefficient (Wildman–Crippen LogP) is -0.253. The molecule has 1 atom stereocenters. The number of hydrogen-bond donors (Lipinski definition) is 3. The van der Waals surface area contributed by atoms with Gasteiger partial charge in [-0.15, -0.1) is 0 Å². The molecular weight excluding hydrogens is 196 g/mol. The second-order valence-corrected chi connectivity index (χ2v) is 4.07. The Bertz CT molecular complexity index is 237. The quantitative estimate of drug-likeness (QED) is 0.589. The molecule has 1 saturated carbocycles. The van der Waals surface area contributed by atoms with Gasteiger partial charge >= 0.3 is 5.97 Å². The molecule has 4 N–H and O–H groups in total. The molecule has 0 aromatic heterocycles. The van der Waals surface area contributed by atoms with E-state index in [0.29, 0.717) is 18.8 Å². The number of aliphatic carboxylic acids is 1. The van der Waals surface area contributed by atoms with Crippen LogP contribution in [0.4, 0.5) is 0 Å².